The van der Waals surface area contributed by atoms with Crippen molar-refractivity contribution < 1.29 is 9.90 Å². The molecule has 2 heterocycles. The minimum Gasteiger partial charge on any atom is -0.394 e. The van der Waals surface area contributed by atoms with E-state index in [-0.39, 0.29) is 18.6 Å². The number of aromatic nitrogens is 2. The number of primary amides is 1. The van der Waals surface area contributed by atoms with Gasteiger partial charge in [-0.15, -0.1) is 0 Å². The lowest BCUT2D eigenvalue weighted by atomic mass is 10.0. The number of aliphatic hydroxyl groups excluding tert-OH is 1. The minimum absolute atomic E-state index is 0.0237. The van der Waals surface area contributed by atoms with Gasteiger partial charge < -0.3 is 21.1 Å². The number of pyridine rings is 1. The second-order valence-corrected chi connectivity index (χ2v) is 4.83. The van der Waals surface area contributed by atoms with Gasteiger partial charge in [-0.3, -0.25) is 4.79 Å². The first-order valence-corrected chi connectivity index (χ1v) is 6.18. The summed E-state index contributed by atoms with van der Waals surface area (Å²) in [5.74, 6) is -0.327. The van der Waals surface area contributed by atoms with Crippen molar-refractivity contribution in [1.82, 2.24) is 9.97 Å². The van der Waals surface area contributed by atoms with Crippen molar-refractivity contribution in [3.8, 4) is 0 Å². The van der Waals surface area contributed by atoms with Gasteiger partial charge in [0.1, 0.15) is 5.65 Å². The number of amides is 1. The molecular weight excluding hydrogens is 244 g/mol. The van der Waals surface area contributed by atoms with Gasteiger partial charge in [0.15, 0.2) is 0 Å². The number of carbonyl (C=O) groups excluding carboxylic acids is 1. The van der Waals surface area contributed by atoms with Crippen LogP contribution in [0.1, 0.15) is 24.2 Å². The van der Waals surface area contributed by atoms with Crippen LogP contribution in [0.2, 0.25) is 0 Å². The highest BCUT2D eigenvalue weighted by Gasteiger charge is 2.19. The van der Waals surface area contributed by atoms with Crippen molar-refractivity contribution in [3.63, 3.8) is 0 Å². The van der Waals surface area contributed by atoms with Crippen LogP contribution in [0.25, 0.3) is 11.0 Å². The molecule has 6 nitrogen and oxygen atoms in total. The van der Waals surface area contributed by atoms with Gasteiger partial charge in [-0.25, -0.2) is 4.98 Å². The van der Waals surface area contributed by atoms with Gasteiger partial charge in [0.25, 0.3) is 5.91 Å². The fraction of sp³-hybridized carbons (Fsp3) is 0.385. The normalized spacial score (nSPS) is 12.8. The molecule has 6 heteroatoms. The third-order valence-electron chi connectivity index (χ3n) is 3.18. The van der Waals surface area contributed by atoms with Crippen molar-refractivity contribution in [2.75, 3.05) is 11.9 Å². The molecular formula is C13H18N4O2. The molecule has 0 saturated heterocycles. The Labute approximate surface area is 111 Å². The maximum atomic E-state index is 11.5. The van der Waals surface area contributed by atoms with E-state index in [0.717, 1.165) is 5.39 Å². The van der Waals surface area contributed by atoms with Crippen LogP contribution in [-0.4, -0.2) is 33.6 Å². The third kappa shape index (κ3) is 2.53. The Kier molecular flexibility index (Phi) is 3.71. The standard InChI is InChI=1S/C13H18N4O2/c1-7(2)10(6-18)17-11-8-3-4-15-13(8)16-5-9(11)12(14)19/h3-5,7,10,18H,6H2,1-2H3,(H2,14,19)(H2,15,16,17)/t10-/m0/s1. The molecule has 102 valence electrons. The quantitative estimate of drug-likeness (QED) is 0.647. The molecule has 0 aromatic carbocycles. The highest BCUT2D eigenvalue weighted by Crippen LogP contribution is 2.26. The van der Waals surface area contributed by atoms with Crippen LogP contribution in [0, 0.1) is 5.92 Å². The van der Waals surface area contributed by atoms with Crippen LogP contribution in [-0.2, 0) is 0 Å². The highest BCUT2D eigenvalue weighted by atomic mass is 16.3. The summed E-state index contributed by atoms with van der Waals surface area (Å²) in [4.78, 5) is 18.6. The molecule has 2 aromatic rings. The summed E-state index contributed by atoms with van der Waals surface area (Å²) in [6.45, 7) is 3.96. The Morgan fingerprint density at radius 2 is 2.32 bits per heavy atom. The number of nitrogens with zero attached hydrogens (tertiary/aromatic N) is 1. The molecule has 0 radical (unpaired) electrons. The molecule has 0 bridgehead atoms. The zero-order valence-corrected chi connectivity index (χ0v) is 11.0. The second kappa shape index (κ2) is 5.27. The number of nitrogens with one attached hydrogen (secondary N) is 2. The van der Waals surface area contributed by atoms with E-state index in [9.17, 15) is 9.90 Å². The smallest absolute Gasteiger partial charge is 0.252 e. The van der Waals surface area contributed by atoms with E-state index in [1.165, 1.54) is 6.20 Å². The van der Waals surface area contributed by atoms with Crippen molar-refractivity contribution in [2.24, 2.45) is 11.7 Å². The van der Waals surface area contributed by atoms with E-state index >= 15 is 0 Å². The number of H-pyrrole nitrogens is 1. The number of anilines is 1. The molecule has 0 aliphatic heterocycles. The predicted molar refractivity (Wildman–Crippen MR) is 73.9 cm³/mol. The summed E-state index contributed by atoms with van der Waals surface area (Å²) in [5, 5.41) is 13.4. The van der Waals surface area contributed by atoms with E-state index in [1.54, 1.807) is 6.20 Å². The van der Waals surface area contributed by atoms with Crippen LogP contribution in [0.4, 0.5) is 5.69 Å². The summed E-state index contributed by atoms with van der Waals surface area (Å²) in [7, 11) is 0. The molecule has 0 aliphatic carbocycles. The average Bonchev–Trinajstić information content (AvgIpc) is 2.83. The van der Waals surface area contributed by atoms with E-state index in [2.05, 4.69) is 15.3 Å². The molecule has 2 aromatic heterocycles. The molecule has 0 unspecified atom stereocenters. The van der Waals surface area contributed by atoms with Gasteiger partial charge in [0.05, 0.1) is 23.9 Å². The number of rotatable bonds is 5. The van der Waals surface area contributed by atoms with Gasteiger partial charge >= 0.3 is 0 Å². The van der Waals surface area contributed by atoms with E-state index in [1.807, 2.05) is 19.9 Å². The highest BCUT2D eigenvalue weighted by molar-refractivity contribution is 6.05. The fourth-order valence-corrected chi connectivity index (χ4v) is 1.96. The minimum atomic E-state index is -0.543. The van der Waals surface area contributed by atoms with Crippen LogP contribution in [0.15, 0.2) is 18.5 Å². The van der Waals surface area contributed by atoms with E-state index in [0.29, 0.717) is 16.9 Å². The second-order valence-electron chi connectivity index (χ2n) is 4.83. The van der Waals surface area contributed by atoms with Crippen LogP contribution in [0.3, 0.4) is 0 Å². The van der Waals surface area contributed by atoms with Crippen molar-refractivity contribution in [2.45, 2.75) is 19.9 Å². The monoisotopic (exact) mass is 262 g/mol. The molecule has 1 atom stereocenters. The summed E-state index contributed by atoms with van der Waals surface area (Å²) in [5.41, 5.74) is 6.99. The molecule has 0 spiro atoms. The average molecular weight is 262 g/mol. The fourth-order valence-electron chi connectivity index (χ4n) is 1.96. The number of hydrogen-bond acceptors (Lipinski definition) is 4. The number of fused-ring (bicyclic) bond motifs is 1. The summed E-state index contributed by atoms with van der Waals surface area (Å²) in [6.07, 6.45) is 3.19. The first kappa shape index (κ1) is 13.4. The summed E-state index contributed by atoms with van der Waals surface area (Å²) >= 11 is 0. The van der Waals surface area contributed by atoms with Gasteiger partial charge in [-0.2, -0.15) is 0 Å². The Balaban J connectivity index is 2.51. The lowest BCUT2D eigenvalue weighted by Gasteiger charge is -2.22. The van der Waals surface area contributed by atoms with Gasteiger partial charge in [-0.05, 0) is 12.0 Å². The molecule has 0 fully saturated rings. The maximum Gasteiger partial charge on any atom is 0.252 e. The topological polar surface area (TPSA) is 104 Å². The summed E-state index contributed by atoms with van der Waals surface area (Å²) < 4.78 is 0. The number of nitrogens with two attached hydrogens (primary N) is 1. The Hall–Kier alpha value is -2.08. The molecule has 19 heavy (non-hydrogen) atoms. The molecule has 2 rings (SSSR count). The molecule has 5 N–H and O–H groups in total. The lowest BCUT2D eigenvalue weighted by molar-refractivity contribution is 0.100. The van der Waals surface area contributed by atoms with E-state index < -0.39 is 5.91 Å². The number of aromatic amines is 1. The van der Waals surface area contributed by atoms with Gasteiger partial charge in [0, 0.05) is 17.8 Å². The van der Waals surface area contributed by atoms with Crippen LogP contribution < -0.4 is 11.1 Å². The van der Waals surface area contributed by atoms with Crippen LogP contribution >= 0.6 is 0 Å². The van der Waals surface area contributed by atoms with Gasteiger partial charge in [-0.1, -0.05) is 13.8 Å². The number of aliphatic hydroxyl groups is 1. The molecule has 0 saturated carbocycles. The zero-order valence-electron chi connectivity index (χ0n) is 11.0. The maximum absolute atomic E-state index is 11.5. The Bertz CT molecular complexity index is 591. The SMILES string of the molecule is CC(C)[C@H](CO)Nc1c(C(N)=O)cnc2[nH]ccc12. The first-order chi connectivity index (χ1) is 9.04. The Morgan fingerprint density at radius 1 is 1.58 bits per heavy atom. The first-order valence-electron chi connectivity index (χ1n) is 6.18. The number of carbonyl (C=O) groups is 1. The predicted octanol–water partition coefficient (Wildman–Crippen LogP) is 1.09. The van der Waals surface area contributed by atoms with Crippen molar-refractivity contribution >= 4 is 22.6 Å². The molecule has 1 amide bonds. The van der Waals surface area contributed by atoms with Crippen molar-refractivity contribution in [1.29, 1.82) is 0 Å². The summed E-state index contributed by atoms with van der Waals surface area (Å²) in [6, 6.07) is 1.67. The van der Waals surface area contributed by atoms with E-state index in [4.69, 9.17) is 5.73 Å². The third-order valence-corrected chi connectivity index (χ3v) is 3.18. The largest absolute Gasteiger partial charge is 0.394 e. The Morgan fingerprint density at radius 3 is 2.89 bits per heavy atom. The van der Waals surface area contributed by atoms with Crippen molar-refractivity contribution in [3.05, 3.63) is 24.0 Å². The van der Waals surface area contributed by atoms with Crippen LogP contribution in [0.5, 0.6) is 0 Å². The van der Waals surface area contributed by atoms with Gasteiger partial charge in [0.2, 0.25) is 0 Å². The molecule has 0 aliphatic rings. The zero-order chi connectivity index (χ0) is 14.0. The lowest BCUT2D eigenvalue weighted by Crippen LogP contribution is -2.30. The number of hydrogen-bond donors (Lipinski definition) is 4.